The number of carbonyl (C=O) groups is 1. The average molecular weight is 414 g/mol. The van der Waals surface area contributed by atoms with Crippen molar-refractivity contribution < 1.29 is 31.8 Å². The van der Waals surface area contributed by atoms with Crippen LogP contribution in [0.3, 0.4) is 0 Å². The molecule has 10 heteroatoms. The Bertz CT molecular complexity index is 937. The summed E-state index contributed by atoms with van der Waals surface area (Å²) >= 11 is 0. The van der Waals surface area contributed by atoms with Gasteiger partial charge in [0.05, 0.1) is 17.6 Å². The summed E-state index contributed by atoms with van der Waals surface area (Å²) in [6.45, 7) is 0.00390. The largest absolute Gasteiger partial charge is 0.387 e. The first-order chi connectivity index (χ1) is 13.2. The Labute approximate surface area is 161 Å². The SMILES string of the molecule is COCCNS(=O)(=O)c1cccc(C(=O)NCC(O)c2ccc(F)c(F)c2)c1. The van der Waals surface area contributed by atoms with Gasteiger partial charge >= 0.3 is 0 Å². The molecule has 0 spiro atoms. The Morgan fingerprint density at radius 3 is 2.61 bits per heavy atom. The highest BCUT2D eigenvalue weighted by Crippen LogP contribution is 2.16. The van der Waals surface area contributed by atoms with Crippen LogP contribution < -0.4 is 10.0 Å². The van der Waals surface area contributed by atoms with E-state index in [1.807, 2.05) is 0 Å². The number of methoxy groups -OCH3 is 1. The number of aliphatic hydroxyl groups is 1. The summed E-state index contributed by atoms with van der Waals surface area (Å²) in [7, 11) is -2.37. The molecule has 0 fully saturated rings. The summed E-state index contributed by atoms with van der Waals surface area (Å²) in [5.41, 5.74) is 0.157. The molecule has 1 atom stereocenters. The maximum Gasteiger partial charge on any atom is 0.251 e. The zero-order valence-corrected chi connectivity index (χ0v) is 15.8. The molecule has 0 aliphatic rings. The number of halogens is 2. The lowest BCUT2D eigenvalue weighted by Crippen LogP contribution is -2.29. The zero-order chi connectivity index (χ0) is 20.7. The molecule has 7 nitrogen and oxygen atoms in total. The molecular formula is C18H20F2N2O5S. The van der Waals surface area contributed by atoms with Crippen molar-refractivity contribution in [1.82, 2.24) is 10.0 Å². The van der Waals surface area contributed by atoms with Crippen molar-refractivity contribution in [3.63, 3.8) is 0 Å². The Morgan fingerprint density at radius 1 is 1.18 bits per heavy atom. The van der Waals surface area contributed by atoms with Gasteiger partial charge in [-0.25, -0.2) is 21.9 Å². The van der Waals surface area contributed by atoms with Gasteiger partial charge in [0, 0.05) is 25.8 Å². The first-order valence-corrected chi connectivity index (χ1v) is 9.73. The molecule has 0 aliphatic carbocycles. The number of nitrogens with one attached hydrogen (secondary N) is 2. The molecule has 2 aromatic rings. The van der Waals surface area contributed by atoms with Gasteiger partial charge in [0.25, 0.3) is 5.91 Å². The van der Waals surface area contributed by atoms with Crippen LogP contribution in [0.5, 0.6) is 0 Å². The van der Waals surface area contributed by atoms with Crippen LogP contribution in [0.4, 0.5) is 8.78 Å². The zero-order valence-electron chi connectivity index (χ0n) is 15.0. The molecule has 3 N–H and O–H groups in total. The van der Waals surface area contributed by atoms with Gasteiger partial charge < -0.3 is 15.2 Å². The van der Waals surface area contributed by atoms with E-state index in [0.29, 0.717) is 0 Å². The molecule has 0 radical (unpaired) electrons. The number of amides is 1. The standard InChI is InChI=1S/C18H20F2N2O5S/c1-27-8-7-22-28(25,26)14-4-2-3-13(9-14)18(24)21-11-17(23)12-5-6-15(19)16(20)10-12/h2-6,9-10,17,22-23H,7-8,11H2,1H3,(H,21,24). The predicted octanol–water partition coefficient (Wildman–Crippen LogP) is 1.35. The van der Waals surface area contributed by atoms with Crippen molar-refractivity contribution in [2.45, 2.75) is 11.0 Å². The highest BCUT2D eigenvalue weighted by Gasteiger charge is 2.17. The number of aliphatic hydroxyl groups excluding tert-OH is 1. The van der Waals surface area contributed by atoms with Gasteiger partial charge in [0.1, 0.15) is 0 Å². The van der Waals surface area contributed by atoms with E-state index >= 15 is 0 Å². The first kappa shape index (κ1) is 21.9. The van der Waals surface area contributed by atoms with Crippen LogP contribution in [0.15, 0.2) is 47.4 Å². The molecule has 0 heterocycles. The predicted molar refractivity (Wildman–Crippen MR) is 97.2 cm³/mol. The summed E-state index contributed by atoms with van der Waals surface area (Å²) in [5.74, 6) is -2.78. The molecule has 2 aromatic carbocycles. The van der Waals surface area contributed by atoms with Crippen LogP contribution >= 0.6 is 0 Å². The summed E-state index contributed by atoms with van der Waals surface area (Å²) in [4.78, 5) is 12.1. The van der Waals surface area contributed by atoms with Crippen LogP contribution in [0, 0.1) is 11.6 Å². The van der Waals surface area contributed by atoms with Crippen molar-refractivity contribution in [2.75, 3.05) is 26.8 Å². The van der Waals surface area contributed by atoms with Gasteiger partial charge in [-0.15, -0.1) is 0 Å². The molecule has 0 aliphatic heterocycles. The van der Waals surface area contributed by atoms with Crippen molar-refractivity contribution in [2.24, 2.45) is 0 Å². The third kappa shape index (κ3) is 5.80. The van der Waals surface area contributed by atoms with E-state index in [9.17, 15) is 27.1 Å². The van der Waals surface area contributed by atoms with Crippen molar-refractivity contribution in [3.8, 4) is 0 Å². The quantitative estimate of drug-likeness (QED) is 0.538. The summed E-state index contributed by atoms with van der Waals surface area (Å²) < 4.78 is 57.7. The maximum absolute atomic E-state index is 13.2. The van der Waals surface area contributed by atoms with Crippen molar-refractivity contribution in [1.29, 1.82) is 0 Å². The summed E-state index contributed by atoms with van der Waals surface area (Å²) in [6, 6.07) is 8.26. The second-order valence-corrected chi connectivity index (χ2v) is 7.58. The summed E-state index contributed by atoms with van der Waals surface area (Å²) in [5, 5.41) is 12.4. The molecule has 0 aromatic heterocycles. The highest BCUT2D eigenvalue weighted by atomic mass is 32.2. The third-order valence-electron chi connectivity index (χ3n) is 3.79. The van der Waals surface area contributed by atoms with E-state index in [1.54, 1.807) is 0 Å². The normalized spacial score (nSPS) is 12.6. The van der Waals surface area contributed by atoms with Crippen LogP contribution in [0.25, 0.3) is 0 Å². The van der Waals surface area contributed by atoms with Crippen LogP contribution in [0.1, 0.15) is 22.0 Å². The molecule has 1 amide bonds. The number of hydrogen-bond acceptors (Lipinski definition) is 5. The lowest BCUT2D eigenvalue weighted by atomic mass is 10.1. The van der Waals surface area contributed by atoms with Gasteiger partial charge in [-0.1, -0.05) is 12.1 Å². The van der Waals surface area contributed by atoms with Crippen LogP contribution in [0.2, 0.25) is 0 Å². The van der Waals surface area contributed by atoms with E-state index in [4.69, 9.17) is 4.74 Å². The highest BCUT2D eigenvalue weighted by molar-refractivity contribution is 7.89. The van der Waals surface area contributed by atoms with E-state index in [0.717, 1.165) is 12.1 Å². The van der Waals surface area contributed by atoms with E-state index in [-0.39, 0.29) is 35.7 Å². The Morgan fingerprint density at radius 2 is 1.93 bits per heavy atom. The molecule has 1 unspecified atom stereocenters. The molecular weight excluding hydrogens is 394 g/mol. The van der Waals surface area contributed by atoms with Gasteiger partial charge in [-0.05, 0) is 35.9 Å². The number of sulfonamides is 1. The maximum atomic E-state index is 13.2. The number of ether oxygens (including phenoxy) is 1. The van der Waals surface area contributed by atoms with Crippen molar-refractivity contribution >= 4 is 15.9 Å². The monoisotopic (exact) mass is 414 g/mol. The fourth-order valence-corrected chi connectivity index (χ4v) is 3.35. The van der Waals surface area contributed by atoms with E-state index < -0.39 is 33.7 Å². The molecule has 0 bridgehead atoms. The third-order valence-corrected chi connectivity index (χ3v) is 5.25. The Balaban J connectivity index is 2.03. The first-order valence-electron chi connectivity index (χ1n) is 8.24. The smallest absolute Gasteiger partial charge is 0.251 e. The number of benzene rings is 2. The lowest BCUT2D eigenvalue weighted by Gasteiger charge is -2.13. The minimum atomic E-state index is -3.81. The second kappa shape index (κ2) is 9.69. The Hall–Kier alpha value is -2.40. The summed E-state index contributed by atoms with van der Waals surface area (Å²) in [6.07, 6.45) is -1.26. The second-order valence-electron chi connectivity index (χ2n) is 5.82. The topological polar surface area (TPSA) is 105 Å². The van der Waals surface area contributed by atoms with E-state index in [2.05, 4.69) is 10.0 Å². The number of hydrogen-bond donors (Lipinski definition) is 3. The number of rotatable bonds is 9. The average Bonchev–Trinajstić information content (AvgIpc) is 2.68. The fourth-order valence-electron chi connectivity index (χ4n) is 2.29. The fraction of sp³-hybridized carbons (Fsp3) is 0.278. The minimum Gasteiger partial charge on any atom is -0.387 e. The van der Waals surface area contributed by atoms with Crippen molar-refractivity contribution in [3.05, 3.63) is 65.2 Å². The lowest BCUT2D eigenvalue weighted by molar-refractivity contribution is 0.0916. The molecule has 0 saturated carbocycles. The van der Waals surface area contributed by atoms with Crippen LogP contribution in [-0.2, 0) is 14.8 Å². The minimum absolute atomic E-state index is 0.0621. The van der Waals surface area contributed by atoms with Crippen LogP contribution in [-0.4, -0.2) is 46.2 Å². The van der Waals surface area contributed by atoms with Gasteiger partial charge in [-0.3, -0.25) is 4.79 Å². The number of carbonyl (C=O) groups excluding carboxylic acids is 1. The molecule has 152 valence electrons. The molecule has 2 rings (SSSR count). The van der Waals surface area contributed by atoms with Gasteiger partial charge in [0.15, 0.2) is 11.6 Å². The van der Waals surface area contributed by atoms with Gasteiger partial charge in [-0.2, -0.15) is 0 Å². The molecule has 28 heavy (non-hydrogen) atoms. The Kier molecular flexibility index (Phi) is 7.58. The molecule has 0 saturated heterocycles. The van der Waals surface area contributed by atoms with E-state index in [1.165, 1.54) is 37.4 Å². The van der Waals surface area contributed by atoms with Gasteiger partial charge in [0.2, 0.25) is 10.0 Å².